The van der Waals surface area contributed by atoms with Crippen LogP contribution >= 0.6 is 0 Å². The first-order valence-corrected chi connectivity index (χ1v) is 11.8. The van der Waals surface area contributed by atoms with E-state index in [0.717, 1.165) is 35.5 Å². The summed E-state index contributed by atoms with van der Waals surface area (Å²) in [7, 11) is 1.62. The quantitative estimate of drug-likeness (QED) is 0.493. The van der Waals surface area contributed by atoms with Gasteiger partial charge in [-0.1, -0.05) is 17.3 Å². The van der Waals surface area contributed by atoms with Crippen LogP contribution in [0, 0.1) is 0 Å². The second-order valence-electron chi connectivity index (χ2n) is 8.99. The monoisotopic (exact) mass is 476 g/mol. The van der Waals surface area contributed by atoms with E-state index < -0.39 is 0 Å². The van der Waals surface area contributed by atoms with Crippen molar-refractivity contribution in [2.45, 2.75) is 38.0 Å². The summed E-state index contributed by atoms with van der Waals surface area (Å²) in [5.74, 6) is 1.38. The van der Waals surface area contributed by atoms with Crippen molar-refractivity contribution in [1.82, 2.24) is 19.9 Å². The SMILES string of the molecule is COc1ccc(CN2C[C@H](OCc3ccncc3)CN(C(=O)c3cc(C4CC4)on3)CC2=O)cc1. The lowest BCUT2D eigenvalue weighted by atomic mass is 10.2. The average molecular weight is 477 g/mol. The van der Waals surface area contributed by atoms with Gasteiger partial charge >= 0.3 is 0 Å². The van der Waals surface area contributed by atoms with E-state index in [9.17, 15) is 9.59 Å². The molecule has 3 heterocycles. The van der Waals surface area contributed by atoms with E-state index in [1.807, 2.05) is 36.4 Å². The molecule has 3 aromatic rings. The number of pyridine rings is 1. The fourth-order valence-corrected chi connectivity index (χ4v) is 4.15. The third-order valence-electron chi connectivity index (χ3n) is 6.31. The highest BCUT2D eigenvalue weighted by atomic mass is 16.5. The van der Waals surface area contributed by atoms with E-state index in [-0.39, 0.29) is 36.7 Å². The maximum Gasteiger partial charge on any atom is 0.276 e. The number of hydrogen-bond donors (Lipinski definition) is 0. The maximum atomic E-state index is 13.3. The molecule has 0 radical (unpaired) electrons. The van der Waals surface area contributed by atoms with Gasteiger partial charge in [-0.05, 0) is 48.2 Å². The molecule has 9 nitrogen and oxygen atoms in total. The lowest BCUT2D eigenvalue weighted by molar-refractivity contribution is -0.132. The van der Waals surface area contributed by atoms with Crippen LogP contribution in [0.5, 0.6) is 5.75 Å². The number of rotatable bonds is 8. The lowest BCUT2D eigenvalue weighted by Crippen LogP contribution is -2.39. The van der Waals surface area contributed by atoms with E-state index in [4.69, 9.17) is 14.0 Å². The summed E-state index contributed by atoms with van der Waals surface area (Å²) < 4.78 is 16.8. The molecule has 182 valence electrons. The normalized spacial score (nSPS) is 18.4. The molecule has 2 aliphatic rings. The number of carbonyl (C=O) groups excluding carboxylic acids is 2. The van der Waals surface area contributed by atoms with Crippen LogP contribution in [-0.2, 0) is 22.7 Å². The lowest BCUT2D eigenvalue weighted by Gasteiger charge is -2.25. The molecule has 9 heteroatoms. The van der Waals surface area contributed by atoms with Gasteiger partial charge in [-0.15, -0.1) is 0 Å². The van der Waals surface area contributed by atoms with Crippen molar-refractivity contribution in [3.63, 3.8) is 0 Å². The summed E-state index contributed by atoms with van der Waals surface area (Å²) in [6.07, 6.45) is 5.16. The summed E-state index contributed by atoms with van der Waals surface area (Å²) >= 11 is 0. The minimum atomic E-state index is -0.369. The van der Waals surface area contributed by atoms with Crippen molar-refractivity contribution < 1.29 is 23.6 Å². The van der Waals surface area contributed by atoms with Crippen LogP contribution in [0.15, 0.2) is 59.4 Å². The highest BCUT2D eigenvalue weighted by Crippen LogP contribution is 2.40. The molecule has 1 saturated carbocycles. The zero-order chi connectivity index (χ0) is 24.2. The van der Waals surface area contributed by atoms with Crippen molar-refractivity contribution in [3.8, 4) is 5.75 Å². The van der Waals surface area contributed by atoms with E-state index >= 15 is 0 Å². The molecule has 0 unspecified atom stereocenters. The van der Waals surface area contributed by atoms with E-state index in [1.165, 1.54) is 4.90 Å². The molecule has 0 N–H and O–H groups in total. The molecule has 0 spiro atoms. The van der Waals surface area contributed by atoms with Gasteiger partial charge < -0.3 is 23.8 Å². The number of ether oxygens (including phenoxy) is 2. The number of nitrogens with zero attached hydrogens (tertiary/aromatic N) is 4. The topological polar surface area (TPSA) is 98.0 Å². The Kier molecular flexibility index (Phi) is 6.76. The zero-order valence-electron chi connectivity index (χ0n) is 19.6. The molecule has 1 atom stereocenters. The second kappa shape index (κ2) is 10.3. The van der Waals surface area contributed by atoms with Crippen LogP contribution < -0.4 is 4.74 Å². The van der Waals surface area contributed by atoms with Crippen LogP contribution in [0.1, 0.15) is 46.1 Å². The van der Waals surface area contributed by atoms with Crippen LogP contribution in [0.25, 0.3) is 0 Å². The largest absolute Gasteiger partial charge is 0.497 e. The second-order valence-corrected chi connectivity index (χ2v) is 8.99. The van der Waals surface area contributed by atoms with Crippen molar-refractivity contribution in [2.24, 2.45) is 0 Å². The first-order valence-electron chi connectivity index (χ1n) is 11.8. The Morgan fingerprint density at radius 2 is 1.86 bits per heavy atom. The number of aromatic nitrogens is 2. The number of amides is 2. The smallest absolute Gasteiger partial charge is 0.276 e. The predicted octanol–water partition coefficient (Wildman–Crippen LogP) is 3.03. The minimum absolute atomic E-state index is 0.0459. The summed E-state index contributed by atoms with van der Waals surface area (Å²) in [6.45, 7) is 1.37. The molecule has 35 heavy (non-hydrogen) atoms. The van der Waals surface area contributed by atoms with Gasteiger partial charge in [-0.2, -0.15) is 0 Å². The first-order chi connectivity index (χ1) is 17.1. The fraction of sp³-hybridized carbons (Fsp3) is 0.385. The Morgan fingerprint density at radius 1 is 1.09 bits per heavy atom. The Bertz CT molecular complexity index is 1160. The van der Waals surface area contributed by atoms with Gasteiger partial charge in [-0.3, -0.25) is 14.6 Å². The van der Waals surface area contributed by atoms with Gasteiger partial charge in [0.05, 0.1) is 19.8 Å². The molecule has 1 saturated heterocycles. The molecule has 1 aromatic carbocycles. The summed E-state index contributed by atoms with van der Waals surface area (Å²) in [4.78, 5) is 33.8. The highest BCUT2D eigenvalue weighted by molar-refractivity contribution is 5.95. The van der Waals surface area contributed by atoms with Gasteiger partial charge in [0.15, 0.2) is 5.69 Å². The molecule has 0 bridgehead atoms. The van der Waals surface area contributed by atoms with E-state index in [0.29, 0.717) is 25.6 Å². The van der Waals surface area contributed by atoms with Crippen LogP contribution in [0.2, 0.25) is 0 Å². The van der Waals surface area contributed by atoms with Crippen molar-refractivity contribution in [3.05, 3.63) is 77.4 Å². The van der Waals surface area contributed by atoms with Gasteiger partial charge in [0, 0.05) is 44.0 Å². The maximum absolute atomic E-state index is 13.3. The molecule has 5 rings (SSSR count). The average Bonchev–Trinajstić information content (AvgIpc) is 3.65. The van der Waals surface area contributed by atoms with Crippen LogP contribution in [0.3, 0.4) is 0 Å². The predicted molar refractivity (Wildman–Crippen MR) is 126 cm³/mol. The summed E-state index contributed by atoms with van der Waals surface area (Å²) in [6, 6.07) is 13.1. The van der Waals surface area contributed by atoms with Crippen molar-refractivity contribution in [2.75, 3.05) is 26.7 Å². The Hall–Kier alpha value is -3.72. The summed E-state index contributed by atoms with van der Waals surface area (Å²) in [5.41, 5.74) is 2.18. The zero-order valence-corrected chi connectivity index (χ0v) is 19.6. The van der Waals surface area contributed by atoms with E-state index in [2.05, 4.69) is 10.1 Å². The molecule has 2 amide bonds. The molecule has 2 fully saturated rings. The van der Waals surface area contributed by atoms with E-state index in [1.54, 1.807) is 30.5 Å². The fourth-order valence-electron chi connectivity index (χ4n) is 4.15. The molecular formula is C26H28N4O5. The van der Waals surface area contributed by atoms with Gasteiger partial charge in [-0.25, -0.2) is 0 Å². The number of benzene rings is 1. The number of carbonyl (C=O) groups is 2. The number of methoxy groups -OCH3 is 1. The molecule has 2 aromatic heterocycles. The third kappa shape index (κ3) is 5.68. The summed E-state index contributed by atoms with van der Waals surface area (Å²) in [5, 5.41) is 3.98. The van der Waals surface area contributed by atoms with Gasteiger partial charge in [0.2, 0.25) is 5.91 Å². The first kappa shape index (κ1) is 23.0. The Labute approximate surface area is 203 Å². The Morgan fingerprint density at radius 3 is 2.57 bits per heavy atom. The molecule has 1 aliphatic heterocycles. The molecular weight excluding hydrogens is 448 g/mol. The van der Waals surface area contributed by atoms with Crippen molar-refractivity contribution in [1.29, 1.82) is 0 Å². The van der Waals surface area contributed by atoms with Gasteiger partial charge in [0.25, 0.3) is 5.91 Å². The standard InChI is InChI=1S/C26H28N4O5/c1-33-21-6-2-18(3-7-21)13-29-14-22(34-17-19-8-10-27-11-9-19)15-30(16-25(29)31)26(32)23-12-24(35-28-23)20-4-5-20/h2-3,6-12,20,22H,4-5,13-17H2,1H3/t22-/m0/s1. The van der Waals surface area contributed by atoms with Crippen molar-refractivity contribution >= 4 is 11.8 Å². The van der Waals surface area contributed by atoms with Crippen LogP contribution in [0.4, 0.5) is 0 Å². The van der Waals surface area contributed by atoms with Crippen LogP contribution in [-0.4, -0.2) is 64.6 Å². The van der Waals surface area contributed by atoms with Gasteiger partial charge in [0.1, 0.15) is 18.1 Å². The minimum Gasteiger partial charge on any atom is -0.497 e. The molecule has 1 aliphatic carbocycles. The Balaban J connectivity index is 1.33. The number of hydrogen-bond acceptors (Lipinski definition) is 7. The third-order valence-corrected chi connectivity index (χ3v) is 6.31. The highest BCUT2D eigenvalue weighted by Gasteiger charge is 2.34.